The van der Waals surface area contributed by atoms with Crippen LogP contribution in [0.3, 0.4) is 0 Å². The van der Waals surface area contributed by atoms with Crippen molar-refractivity contribution in [3.8, 4) is 11.8 Å². The van der Waals surface area contributed by atoms with Crippen LogP contribution in [0.2, 0.25) is 0 Å². The Kier molecular flexibility index (Phi) is 3.90. The molecule has 0 amide bonds. The quantitative estimate of drug-likeness (QED) is 0.807. The third kappa shape index (κ3) is 3.25. The van der Waals surface area contributed by atoms with Gasteiger partial charge in [0.15, 0.2) is 0 Å². The molecule has 0 aromatic heterocycles. The molecule has 2 N–H and O–H groups in total. The van der Waals surface area contributed by atoms with E-state index in [1.807, 2.05) is 0 Å². The molecule has 1 aliphatic carbocycles. The van der Waals surface area contributed by atoms with Gasteiger partial charge >= 0.3 is 0 Å². The third-order valence-electron chi connectivity index (χ3n) is 2.60. The number of rotatable bonds is 4. The highest BCUT2D eigenvalue weighted by Crippen LogP contribution is 2.30. The van der Waals surface area contributed by atoms with Crippen LogP contribution in [-0.4, -0.2) is 25.4 Å². The second-order valence-corrected chi connectivity index (χ2v) is 6.13. The summed E-state index contributed by atoms with van der Waals surface area (Å²) in [5.74, 6) is 5.65. The van der Waals surface area contributed by atoms with E-state index in [9.17, 15) is 8.42 Å². The van der Waals surface area contributed by atoms with Crippen molar-refractivity contribution in [3.63, 3.8) is 0 Å². The van der Waals surface area contributed by atoms with Gasteiger partial charge in [0.2, 0.25) is 10.0 Å². The highest BCUT2D eigenvalue weighted by atomic mass is 32.2. The van der Waals surface area contributed by atoms with Crippen molar-refractivity contribution in [1.82, 2.24) is 0 Å². The smallest absolute Gasteiger partial charge is 0.235 e. The maximum atomic E-state index is 11.8. The number of anilines is 1. The first-order valence-electron chi connectivity index (χ1n) is 5.84. The molecule has 2 rings (SSSR count). The molecule has 1 aromatic carbocycles. The van der Waals surface area contributed by atoms with Crippen molar-refractivity contribution in [3.05, 3.63) is 29.8 Å². The lowest BCUT2D eigenvalue weighted by Gasteiger charge is -2.08. The largest absolute Gasteiger partial charge is 0.395 e. The second kappa shape index (κ2) is 5.42. The lowest BCUT2D eigenvalue weighted by Crippen LogP contribution is -2.17. The zero-order valence-corrected chi connectivity index (χ0v) is 10.7. The second-order valence-electron chi connectivity index (χ2n) is 4.17. The Morgan fingerprint density at radius 1 is 1.33 bits per heavy atom. The molecule has 0 spiro atoms. The van der Waals surface area contributed by atoms with Gasteiger partial charge in [0, 0.05) is 12.0 Å². The van der Waals surface area contributed by atoms with Crippen LogP contribution in [0.4, 0.5) is 5.69 Å². The maximum Gasteiger partial charge on any atom is 0.235 e. The molecule has 1 aliphatic rings. The van der Waals surface area contributed by atoms with Gasteiger partial charge < -0.3 is 5.11 Å². The molecule has 0 atom stereocenters. The summed E-state index contributed by atoms with van der Waals surface area (Å²) in [4.78, 5) is 0. The highest BCUT2D eigenvalue weighted by Gasteiger charge is 2.35. The van der Waals surface area contributed by atoms with Crippen LogP contribution >= 0.6 is 0 Å². The average molecular weight is 265 g/mol. The molecule has 1 fully saturated rings. The van der Waals surface area contributed by atoms with E-state index in [0.717, 1.165) is 12.8 Å². The highest BCUT2D eigenvalue weighted by molar-refractivity contribution is 7.93. The summed E-state index contributed by atoms with van der Waals surface area (Å²) in [5, 5.41) is 8.41. The minimum Gasteiger partial charge on any atom is -0.395 e. The minimum absolute atomic E-state index is 0.00294. The molecule has 0 saturated heterocycles. The Bertz CT molecular complexity index is 580. The lowest BCUT2D eigenvalue weighted by molar-refractivity contribution is 0.305. The molecule has 5 heteroatoms. The summed E-state index contributed by atoms with van der Waals surface area (Å²) < 4.78 is 26.3. The Labute approximate surface area is 107 Å². The van der Waals surface area contributed by atoms with Crippen LogP contribution in [0, 0.1) is 11.8 Å². The summed E-state index contributed by atoms with van der Waals surface area (Å²) >= 11 is 0. The molecule has 18 heavy (non-hydrogen) atoms. The number of hydrogen-bond donors (Lipinski definition) is 2. The van der Waals surface area contributed by atoms with Gasteiger partial charge in [-0.25, -0.2) is 8.42 Å². The zero-order valence-electron chi connectivity index (χ0n) is 9.89. The van der Waals surface area contributed by atoms with E-state index >= 15 is 0 Å². The molecule has 0 radical (unpaired) electrons. The Balaban J connectivity index is 2.20. The van der Waals surface area contributed by atoms with Gasteiger partial charge in [-0.3, -0.25) is 4.72 Å². The maximum absolute atomic E-state index is 11.8. The van der Waals surface area contributed by atoms with E-state index in [1.54, 1.807) is 24.3 Å². The number of sulfonamides is 1. The van der Waals surface area contributed by atoms with E-state index < -0.39 is 10.0 Å². The molecule has 1 aromatic rings. The number of nitrogens with one attached hydrogen (secondary N) is 1. The van der Waals surface area contributed by atoms with E-state index in [1.165, 1.54) is 0 Å². The van der Waals surface area contributed by atoms with Crippen LogP contribution < -0.4 is 4.72 Å². The average Bonchev–Trinajstić information content (AvgIpc) is 3.15. The van der Waals surface area contributed by atoms with Gasteiger partial charge in [0.05, 0.1) is 17.5 Å². The predicted octanol–water partition coefficient (Wildman–Crippen LogP) is 1.32. The fraction of sp³-hybridized carbons (Fsp3) is 0.385. The van der Waals surface area contributed by atoms with Crippen molar-refractivity contribution in [2.75, 3.05) is 11.3 Å². The summed E-state index contributed by atoms with van der Waals surface area (Å²) in [6.07, 6.45) is 1.84. The standard InChI is InChI=1S/C13H15NO3S/c15-10-4-3-6-11-5-1-2-7-13(11)14-18(16,17)12-8-9-12/h1-2,5,7,12,14-15H,4,8-10H2. The SMILES string of the molecule is O=S(=O)(Nc1ccccc1C#CCCO)C1CC1. The van der Waals surface area contributed by atoms with Crippen molar-refractivity contribution >= 4 is 15.7 Å². The lowest BCUT2D eigenvalue weighted by atomic mass is 10.2. The molecule has 1 saturated carbocycles. The van der Waals surface area contributed by atoms with Crippen molar-refractivity contribution in [1.29, 1.82) is 0 Å². The van der Waals surface area contributed by atoms with Gasteiger partial charge in [0.1, 0.15) is 0 Å². The van der Waals surface area contributed by atoms with Gasteiger partial charge in [-0.1, -0.05) is 24.0 Å². The van der Waals surface area contributed by atoms with Crippen LogP contribution in [-0.2, 0) is 10.0 Å². The van der Waals surface area contributed by atoms with E-state index in [4.69, 9.17) is 5.11 Å². The first-order chi connectivity index (χ1) is 8.63. The van der Waals surface area contributed by atoms with Crippen LogP contribution in [0.15, 0.2) is 24.3 Å². The third-order valence-corrected chi connectivity index (χ3v) is 4.46. The van der Waals surface area contributed by atoms with Gasteiger partial charge in [-0.2, -0.15) is 0 Å². The first kappa shape index (κ1) is 12.9. The summed E-state index contributed by atoms with van der Waals surface area (Å²) in [7, 11) is -3.26. The number of hydrogen-bond acceptors (Lipinski definition) is 3. The van der Waals surface area contributed by atoms with Gasteiger partial charge in [-0.05, 0) is 25.0 Å². The minimum atomic E-state index is -3.26. The summed E-state index contributed by atoms with van der Waals surface area (Å²) in [5.41, 5.74) is 1.14. The fourth-order valence-corrected chi connectivity index (χ4v) is 2.92. The Morgan fingerprint density at radius 2 is 2.06 bits per heavy atom. The van der Waals surface area contributed by atoms with E-state index in [2.05, 4.69) is 16.6 Å². The summed E-state index contributed by atoms with van der Waals surface area (Å²) in [6, 6.07) is 7.03. The molecule has 0 aliphatic heterocycles. The molecule has 4 nitrogen and oxygen atoms in total. The van der Waals surface area contributed by atoms with Crippen molar-refractivity contribution < 1.29 is 13.5 Å². The van der Waals surface area contributed by atoms with Crippen LogP contribution in [0.5, 0.6) is 0 Å². The molecule has 96 valence electrons. The number of para-hydroxylation sites is 1. The van der Waals surface area contributed by atoms with Crippen molar-refractivity contribution in [2.45, 2.75) is 24.5 Å². The Hall–Kier alpha value is -1.51. The number of benzene rings is 1. The van der Waals surface area contributed by atoms with Crippen LogP contribution in [0.1, 0.15) is 24.8 Å². The van der Waals surface area contributed by atoms with Gasteiger partial charge in [0.25, 0.3) is 0 Å². The van der Waals surface area contributed by atoms with Crippen LogP contribution in [0.25, 0.3) is 0 Å². The monoisotopic (exact) mass is 265 g/mol. The fourth-order valence-electron chi connectivity index (χ4n) is 1.51. The normalized spacial score (nSPS) is 14.7. The molecule has 0 unspecified atom stereocenters. The number of aliphatic hydroxyl groups is 1. The van der Waals surface area contributed by atoms with Crippen molar-refractivity contribution in [2.24, 2.45) is 0 Å². The summed E-state index contributed by atoms with van der Waals surface area (Å²) in [6.45, 7) is 0.00294. The first-order valence-corrected chi connectivity index (χ1v) is 7.38. The number of aliphatic hydroxyl groups excluding tert-OH is 1. The van der Waals surface area contributed by atoms with Gasteiger partial charge in [-0.15, -0.1) is 0 Å². The molecule has 0 bridgehead atoms. The Morgan fingerprint density at radius 3 is 2.72 bits per heavy atom. The van der Waals surface area contributed by atoms with E-state index in [0.29, 0.717) is 17.7 Å². The zero-order chi connectivity index (χ0) is 13.0. The predicted molar refractivity (Wildman–Crippen MR) is 70.6 cm³/mol. The van der Waals surface area contributed by atoms with E-state index in [-0.39, 0.29) is 11.9 Å². The molecular formula is C13H15NO3S. The molecule has 0 heterocycles. The topological polar surface area (TPSA) is 66.4 Å². The molecular weight excluding hydrogens is 250 g/mol.